The Morgan fingerprint density at radius 1 is 1.31 bits per heavy atom. The molecule has 16 heavy (non-hydrogen) atoms. The van der Waals surface area contributed by atoms with Crippen molar-refractivity contribution in [3.8, 4) is 0 Å². The largest absolute Gasteiger partial charge is 0.309 e. The van der Waals surface area contributed by atoms with Crippen molar-refractivity contribution in [1.82, 2.24) is 10.3 Å². The Labute approximate surface area is 98.5 Å². The van der Waals surface area contributed by atoms with E-state index in [4.69, 9.17) is 0 Å². The summed E-state index contributed by atoms with van der Waals surface area (Å²) in [5.74, 6) is 0.889. The Bertz CT molecular complexity index is 291. The lowest BCUT2D eigenvalue weighted by Crippen LogP contribution is -2.27. The summed E-state index contributed by atoms with van der Waals surface area (Å²) in [5, 5.41) is 3.61. The monoisotopic (exact) mass is 218 g/mol. The van der Waals surface area contributed by atoms with Crippen molar-refractivity contribution in [3.63, 3.8) is 0 Å². The number of hydrogen-bond donors (Lipinski definition) is 1. The molecule has 2 rings (SSSR count). The molecule has 0 aromatic carbocycles. The third-order valence-electron chi connectivity index (χ3n) is 3.57. The second-order valence-corrected chi connectivity index (χ2v) is 4.89. The van der Waals surface area contributed by atoms with Gasteiger partial charge in [-0.1, -0.05) is 25.3 Å². The van der Waals surface area contributed by atoms with E-state index in [1.54, 1.807) is 0 Å². The van der Waals surface area contributed by atoms with Crippen molar-refractivity contribution < 1.29 is 0 Å². The van der Waals surface area contributed by atoms with Crippen LogP contribution in [0.15, 0.2) is 24.4 Å². The summed E-state index contributed by atoms with van der Waals surface area (Å²) >= 11 is 0. The molecule has 1 N–H and O–H groups in total. The quantitative estimate of drug-likeness (QED) is 0.838. The van der Waals surface area contributed by atoms with Crippen LogP contribution in [0, 0.1) is 5.92 Å². The van der Waals surface area contributed by atoms with Crippen molar-refractivity contribution in [2.75, 3.05) is 6.54 Å². The molecular formula is C14H22N2. The van der Waals surface area contributed by atoms with Crippen LogP contribution in [-0.2, 0) is 0 Å². The third-order valence-corrected chi connectivity index (χ3v) is 3.57. The second kappa shape index (κ2) is 6.00. The van der Waals surface area contributed by atoms with Gasteiger partial charge in [-0.05, 0) is 44.4 Å². The first-order chi connectivity index (χ1) is 7.86. The SMILES string of the molecule is CC(NCC1CCCCC1)c1ccccn1. The van der Waals surface area contributed by atoms with E-state index in [0.29, 0.717) is 6.04 Å². The predicted octanol–water partition coefficient (Wildman–Crippen LogP) is 3.31. The summed E-state index contributed by atoms with van der Waals surface area (Å²) in [6.45, 7) is 3.35. The summed E-state index contributed by atoms with van der Waals surface area (Å²) in [6.07, 6.45) is 8.96. The van der Waals surface area contributed by atoms with Gasteiger partial charge in [-0.3, -0.25) is 4.98 Å². The van der Waals surface area contributed by atoms with Crippen molar-refractivity contribution in [1.29, 1.82) is 0 Å². The molecule has 2 heteroatoms. The van der Waals surface area contributed by atoms with Crippen LogP contribution in [0.5, 0.6) is 0 Å². The van der Waals surface area contributed by atoms with Gasteiger partial charge in [-0.15, -0.1) is 0 Å². The van der Waals surface area contributed by atoms with Gasteiger partial charge in [0.2, 0.25) is 0 Å². The van der Waals surface area contributed by atoms with Crippen LogP contribution in [0.3, 0.4) is 0 Å². The van der Waals surface area contributed by atoms with Crippen LogP contribution in [0.4, 0.5) is 0 Å². The number of aromatic nitrogens is 1. The van der Waals surface area contributed by atoms with Gasteiger partial charge < -0.3 is 5.32 Å². The van der Waals surface area contributed by atoms with Crippen LogP contribution >= 0.6 is 0 Å². The number of rotatable bonds is 4. The minimum atomic E-state index is 0.378. The van der Waals surface area contributed by atoms with E-state index in [9.17, 15) is 0 Å². The number of nitrogens with zero attached hydrogens (tertiary/aromatic N) is 1. The van der Waals surface area contributed by atoms with Crippen molar-refractivity contribution in [3.05, 3.63) is 30.1 Å². The number of hydrogen-bond acceptors (Lipinski definition) is 2. The molecule has 88 valence electrons. The fraction of sp³-hybridized carbons (Fsp3) is 0.643. The molecule has 2 nitrogen and oxygen atoms in total. The summed E-state index contributed by atoms with van der Waals surface area (Å²) in [7, 11) is 0. The van der Waals surface area contributed by atoms with Gasteiger partial charge in [0, 0.05) is 12.2 Å². The smallest absolute Gasteiger partial charge is 0.0570 e. The summed E-state index contributed by atoms with van der Waals surface area (Å²) in [4.78, 5) is 4.38. The van der Waals surface area contributed by atoms with Crippen molar-refractivity contribution in [2.24, 2.45) is 5.92 Å². The highest BCUT2D eigenvalue weighted by Gasteiger charge is 2.14. The maximum atomic E-state index is 4.38. The molecule has 1 aliphatic rings. The van der Waals surface area contributed by atoms with Gasteiger partial charge in [0.25, 0.3) is 0 Å². The maximum absolute atomic E-state index is 4.38. The molecule has 1 aliphatic carbocycles. The minimum Gasteiger partial charge on any atom is -0.309 e. The lowest BCUT2D eigenvalue weighted by Gasteiger charge is -2.23. The summed E-state index contributed by atoms with van der Waals surface area (Å²) in [6, 6.07) is 6.50. The molecule has 1 aromatic heterocycles. The van der Waals surface area contributed by atoms with Gasteiger partial charge in [-0.2, -0.15) is 0 Å². The normalized spacial score (nSPS) is 19.6. The number of nitrogens with one attached hydrogen (secondary N) is 1. The Morgan fingerprint density at radius 3 is 2.81 bits per heavy atom. The fourth-order valence-electron chi connectivity index (χ4n) is 2.47. The standard InChI is InChI=1S/C14H22N2/c1-12(14-9-5-6-10-15-14)16-11-13-7-3-2-4-8-13/h5-6,9-10,12-13,16H,2-4,7-8,11H2,1H3. The summed E-state index contributed by atoms with van der Waals surface area (Å²) in [5.41, 5.74) is 1.15. The Morgan fingerprint density at radius 2 is 2.12 bits per heavy atom. The molecule has 0 saturated heterocycles. The van der Waals surface area contributed by atoms with E-state index >= 15 is 0 Å². The van der Waals surface area contributed by atoms with E-state index in [0.717, 1.165) is 18.2 Å². The average molecular weight is 218 g/mol. The van der Waals surface area contributed by atoms with Gasteiger partial charge in [0.15, 0.2) is 0 Å². The first kappa shape index (κ1) is 11.6. The Hall–Kier alpha value is -0.890. The van der Waals surface area contributed by atoms with Crippen LogP contribution in [-0.4, -0.2) is 11.5 Å². The average Bonchev–Trinajstić information content (AvgIpc) is 2.38. The van der Waals surface area contributed by atoms with E-state index in [1.165, 1.54) is 32.1 Å². The molecule has 0 spiro atoms. The predicted molar refractivity (Wildman–Crippen MR) is 67.2 cm³/mol. The molecule has 0 bridgehead atoms. The highest BCUT2D eigenvalue weighted by molar-refractivity contribution is 5.07. The zero-order valence-electron chi connectivity index (χ0n) is 10.2. The molecule has 0 amide bonds. The van der Waals surface area contributed by atoms with Crippen LogP contribution < -0.4 is 5.32 Å². The minimum absolute atomic E-state index is 0.378. The molecule has 1 aromatic rings. The topological polar surface area (TPSA) is 24.9 Å². The third kappa shape index (κ3) is 3.31. The van der Waals surface area contributed by atoms with E-state index in [-0.39, 0.29) is 0 Å². The highest BCUT2D eigenvalue weighted by atomic mass is 14.9. The van der Waals surface area contributed by atoms with Gasteiger partial charge in [0.1, 0.15) is 0 Å². The maximum Gasteiger partial charge on any atom is 0.0570 e. The van der Waals surface area contributed by atoms with E-state index in [1.807, 2.05) is 12.3 Å². The fourth-order valence-corrected chi connectivity index (χ4v) is 2.47. The lowest BCUT2D eigenvalue weighted by molar-refractivity contribution is 0.330. The molecule has 0 aliphatic heterocycles. The molecule has 1 unspecified atom stereocenters. The molecule has 1 atom stereocenters. The molecule has 1 heterocycles. The van der Waals surface area contributed by atoms with Gasteiger partial charge >= 0.3 is 0 Å². The first-order valence-electron chi connectivity index (χ1n) is 6.50. The zero-order valence-corrected chi connectivity index (χ0v) is 10.2. The molecule has 0 radical (unpaired) electrons. The Kier molecular flexibility index (Phi) is 4.34. The first-order valence-corrected chi connectivity index (χ1v) is 6.50. The van der Waals surface area contributed by atoms with E-state index in [2.05, 4.69) is 29.4 Å². The second-order valence-electron chi connectivity index (χ2n) is 4.89. The van der Waals surface area contributed by atoms with Crippen LogP contribution in [0.2, 0.25) is 0 Å². The Balaban J connectivity index is 1.77. The van der Waals surface area contributed by atoms with Crippen molar-refractivity contribution >= 4 is 0 Å². The van der Waals surface area contributed by atoms with Gasteiger partial charge in [-0.25, -0.2) is 0 Å². The molecular weight excluding hydrogens is 196 g/mol. The van der Waals surface area contributed by atoms with Crippen molar-refractivity contribution in [2.45, 2.75) is 45.1 Å². The molecule has 1 saturated carbocycles. The van der Waals surface area contributed by atoms with Crippen LogP contribution in [0.1, 0.15) is 50.8 Å². The van der Waals surface area contributed by atoms with E-state index < -0.39 is 0 Å². The van der Waals surface area contributed by atoms with Gasteiger partial charge in [0.05, 0.1) is 5.69 Å². The lowest BCUT2D eigenvalue weighted by atomic mass is 9.89. The zero-order chi connectivity index (χ0) is 11.2. The van der Waals surface area contributed by atoms with Crippen LogP contribution in [0.25, 0.3) is 0 Å². The number of pyridine rings is 1. The summed E-state index contributed by atoms with van der Waals surface area (Å²) < 4.78 is 0. The molecule has 1 fully saturated rings. The highest BCUT2D eigenvalue weighted by Crippen LogP contribution is 2.23.